The average molecular weight is 254 g/mol. The van der Waals surface area contributed by atoms with E-state index < -0.39 is 5.69 Å². The monoisotopic (exact) mass is 254 g/mol. The van der Waals surface area contributed by atoms with E-state index in [1.165, 1.54) is 4.57 Å². The second-order valence-electron chi connectivity index (χ2n) is 4.59. The zero-order chi connectivity index (χ0) is 13.1. The first-order valence-electron chi connectivity index (χ1n) is 6.12. The molecular formula is C12H18N2O4. The van der Waals surface area contributed by atoms with Gasteiger partial charge in [-0.2, -0.15) is 4.98 Å². The second-order valence-corrected chi connectivity index (χ2v) is 4.59. The Bertz CT molecular complexity index is 458. The van der Waals surface area contributed by atoms with Gasteiger partial charge in [0.05, 0.1) is 18.8 Å². The Morgan fingerprint density at radius 3 is 2.94 bits per heavy atom. The van der Waals surface area contributed by atoms with Crippen LogP contribution in [0.2, 0.25) is 0 Å². The first kappa shape index (κ1) is 13.0. The molecular weight excluding hydrogens is 236 g/mol. The summed E-state index contributed by atoms with van der Waals surface area (Å²) < 4.78 is 12.3. The van der Waals surface area contributed by atoms with Gasteiger partial charge in [0.1, 0.15) is 6.23 Å². The smallest absolute Gasteiger partial charge is 0.352 e. The van der Waals surface area contributed by atoms with Crippen LogP contribution < -0.4 is 10.4 Å². The quantitative estimate of drug-likeness (QED) is 0.856. The molecule has 1 aromatic rings. The SMILES string of the molecule is CC(C)Oc1ccn(C2CCC(CO)O2)c(=O)n1. The molecule has 2 heterocycles. The maximum atomic E-state index is 11.8. The molecule has 0 radical (unpaired) electrons. The molecule has 0 aliphatic carbocycles. The highest BCUT2D eigenvalue weighted by Crippen LogP contribution is 2.26. The summed E-state index contributed by atoms with van der Waals surface area (Å²) in [5, 5.41) is 9.00. The Morgan fingerprint density at radius 2 is 2.39 bits per heavy atom. The molecule has 1 fully saturated rings. The van der Waals surface area contributed by atoms with Crippen LogP contribution in [0.1, 0.15) is 32.9 Å². The van der Waals surface area contributed by atoms with Crippen molar-refractivity contribution in [1.29, 1.82) is 0 Å². The molecule has 0 saturated carbocycles. The standard InChI is InChI=1S/C12H18N2O4/c1-8(2)17-10-5-6-14(12(16)13-10)11-4-3-9(7-15)18-11/h5-6,8-9,11,15H,3-4,7H2,1-2H3. The van der Waals surface area contributed by atoms with Crippen molar-refractivity contribution in [1.82, 2.24) is 9.55 Å². The summed E-state index contributed by atoms with van der Waals surface area (Å²) in [4.78, 5) is 15.7. The molecule has 2 unspecified atom stereocenters. The summed E-state index contributed by atoms with van der Waals surface area (Å²) in [6.45, 7) is 3.73. The number of aliphatic hydroxyl groups is 1. The molecule has 2 rings (SSSR count). The molecule has 1 aromatic heterocycles. The zero-order valence-electron chi connectivity index (χ0n) is 10.6. The molecule has 100 valence electrons. The van der Waals surface area contributed by atoms with E-state index in [2.05, 4.69) is 4.98 Å². The number of aliphatic hydroxyl groups excluding tert-OH is 1. The van der Waals surface area contributed by atoms with Gasteiger partial charge in [0, 0.05) is 12.3 Å². The van der Waals surface area contributed by atoms with E-state index in [9.17, 15) is 4.79 Å². The fraction of sp³-hybridized carbons (Fsp3) is 0.667. The van der Waals surface area contributed by atoms with Crippen molar-refractivity contribution < 1.29 is 14.6 Å². The van der Waals surface area contributed by atoms with Crippen molar-refractivity contribution in [2.75, 3.05) is 6.61 Å². The van der Waals surface area contributed by atoms with Gasteiger partial charge in [-0.1, -0.05) is 0 Å². The number of hydrogen-bond donors (Lipinski definition) is 1. The maximum Gasteiger partial charge on any atom is 0.352 e. The molecule has 0 amide bonds. The lowest BCUT2D eigenvalue weighted by Gasteiger charge is -2.15. The molecule has 1 aliphatic rings. The Kier molecular flexibility index (Phi) is 3.98. The van der Waals surface area contributed by atoms with Gasteiger partial charge < -0.3 is 14.6 Å². The van der Waals surface area contributed by atoms with Gasteiger partial charge in [-0.15, -0.1) is 0 Å². The van der Waals surface area contributed by atoms with E-state index in [0.717, 1.165) is 6.42 Å². The van der Waals surface area contributed by atoms with Crippen LogP contribution in [0.4, 0.5) is 0 Å². The minimum atomic E-state index is -0.392. The molecule has 18 heavy (non-hydrogen) atoms. The number of hydrogen-bond acceptors (Lipinski definition) is 5. The predicted octanol–water partition coefficient (Wildman–Crippen LogP) is 0.700. The summed E-state index contributed by atoms with van der Waals surface area (Å²) in [5.74, 6) is 0.322. The van der Waals surface area contributed by atoms with Gasteiger partial charge in [0.2, 0.25) is 5.88 Å². The Labute approximate surface area is 105 Å². The molecule has 1 N–H and O–H groups in total. The van der Waals surface area contributed by atoms with Crippen LogP contribution in [0, 0.1) is 0 Å². The van der Waals surface area contributed by atoms with E-state index >= 15 is 0 Å². The van der Waals surface area contributed by atoms with Gasteiger partial charge in [-0.3, -0.25) is 4.57 Å². The van der Waals surface area contributed by atoms with E-state index in [0.29, 0.717) is 12.3 Å². The van der Waals surface area contributed by atoms with Crippen molar-refractivity contribution >= 4 is 0 Å². The number of ether oxygens (including phenoxy) is 2. The van der Waals surface area contributed by atoms with Gasteiger partial charge >= 0.3 is 5.69 Å². The molecule has 0 spiro atoms. The van der Waals surface area contributed by atoms with E-state index in [1.54, 1.807) is 12.3 Å². The van der Waals surface area contributed by atoms with Gasteiger partial charge in [-0.25, -0.2) is 4.79 Å². The molecule has 6 heteroatoms. The molecule has 1 aliphatic heterocycles. The first-order chi connectivity index (χ1) is 8.60. The summed E-state index contributed by atoms with van der Waals surface area (Å²) in [5.41, 5.74) is -0.392. The topological polar surface area (TPSA) is 73.6 Å². The van der Waals surface area contributed by atoms with Gasteiger partial charge in [0.15, 0.2) is 0 Å². The largest absolute Gasteiger partial charge is 0.475 e. The molecule has 1 saturated heterocycles. The fourth-order valence-electron chi connectivity index (χ4n) is 1.95. The average Bonchev–Trinajstić information content (AvgIpc) is 2.76. The number of rotatable bonds is 4. The Hall–Kier alpha value is -1.40. The highest BCUT2D eigenvalue weighted by Gasteiger charge is 2.26. The lowest BCUT2D eigenvalue weighted by molar-refractivity contribution is -0.0247. The van der Waals surface area contributed by atoms with Crippen LogP contribution in [0.3, 0.4) is 0 Å². The highest BCUT2D eigenvalue weighted by molar-refractivity contribution is 5.06. The van der Waals surface area contributed by atoms with Crippen LogP contribution in [0.5, 0.6) is 5.88 Å². The lowest BCUT2D eigenvalue weighted by Crippen LogP contribution is -2.27. The van der Waals surface area contributed by atoms with Crippen molar-refractivity contribution in [3.63, 3.8) is 0 Å². The number of aromatic nitrogens is 2. The predicted molar refractivity (Wildman–Crippen MR) is 64.5 cm³/mol. The highest BCUT2D eigenvalue weighted by atomic mass is 16.5. The molecule has 0 bridgehead atoms. The lowest BCUT2D eigenvalue weighted by atomic mass is 10.2. The van der Waals surface area contributed by atoms with E-state index in [1.807, 2.05) is 13.8 Å². The van der Waals surface area contributed by atoms with Crippen LogP contribution in [0.25, 0.3) is 0 Å². The normalized spacial score (nSPS) is 23.6. The van der Waals surface area contributed by atoms with Crippen LogP contribution in [-0.4, -0.2) is 33.5 Å². The van der Waals surface area contributed by atoms with Crippen LogP contribution >= 0.6 is 0 Å². The Morgan fingerprint density at radius 1 is 1.61 bits per heavy atom. The second kappa shape index (κ2) is 5.49. The molecule has 6 nitrogen and oxygen atoms in total. The first-order valence-corrected chi connectivity index (χ1v) is 6.12. The third-order valence-corrected chi connectivity index (χ3v) is 2.76. The van der Waals surface area contributed by atoms with Gasteiger partial charge in [-0.05, 0) is 26.7 Å². The minimum Gasteiger partial charge on any atom is -0.475 e. The van der Waals surface area contributed by atoms with E-state index in [-0.39, 0.29) is 25.0 Å². The zero-order valence-corrected chi connectivity index (χ0v) is 10.6. The van der Waals surface area contributed by atoms with Crippen LogP contribution in [-0.2, 0) is 4.74 Å². The Balaban J connectivity index is 2.13. The van der Waals surface area contributed by atoms with Crippen molar-refractivity contribution in [2.45, 2.75) is 45.1 Å². The summed E-state index contributed by atoms with van der Waals surface area (Å²) in [6.07, 6.45) is 2.53. The third kappa shape index (κ3) is 2.88. The van der Waals surface area contributed by atoms with Crippen molar-refractivity contribution in [2.24, 2.45) is 0 Å². The van der Waals surface area contributed by atoms with Crippen LogP contribution in [0.15, 0.2) is 17.1 Å². The maximum absolute atomic E-state index is 11.8. The van der Waals surface area contributed by atoms with E-state index in [4.69, 9.17) is 14.6 Å². The fourth-order valence-corrected chi connectivity index (χ4v) is 1.95. The third-order valence-electron chi connectivity index (χ3n) is 2.76. The summed E-state index contributed by atoms with van der Waals surface area (Å²) in [7, 11) is 0. The summed E-state index contributed by atoms with van der Waals surface area (Å²) >= 11 is 0. The summed E-state index contributed by atoms with van der Waals surface area (Å²) in [6, 6.07) is 1.65. The number of nitrogens with zero attached hydrogens (tertiary/aromatic N) is 2. The van der Waals surface area contributed by atoms with Gasteiger partial charge in [0.25, 0.3) is 0 Å². The van der Waals surface area contributed by atoms with Crippen molar-refractivity contribution in [3.8, 4) is 5.88 Å². The van der Waals surface area contributed by atoms with Crippen molar-refractivity contribution in [3.05, 3.63) is 22.7 Å². The molecule has 2 atom stereocenters. The minimum absolute atomic E-state index is 0.0192. The molecule has 0 aromatic carbocycles.